The van der Waals surface area contributed by atoms with Gasteiger partial charge in [-0.15, -0.1) is 6.58 Å². The van der Waals surface area contributed by atoms with Crippen molar-refractivity contribution in [3.63, 3.8) is 0 Å². The number of carbonyl (C=O) groups is 2. The summed E-state index contributed by atoms with van der Waals surface area (Å²) < 4.78 is 10.3. The molecule has 0 aromatic carbocycles. The van der Waals surface area contributed by atoms with Crippen LogP contribution in [0.5, 0.6) is 0 Å². The molecule has 1 atom stereocenters. The fraction of sp³-hybridized carbons (Fsp3) is 0.385. The van der Waals surface area contributed by atoms with Crippen LogP contribution in [-0.4, -0.2) is 24.5 Å². The van der Waals surface area contributed by atoms with Gasteiger partial charge in [0.1, 0.15) is 17.1 Å². The molecule has 0 aliphatic carbocycles. The highest BCUT2D eigenvalue weighted by molar-refractivity contribution is 5.93. The first kappa shape index (κ1) is 14.0. The zero-order valence-corrected chi connectivity index (χ0v) is 10.8. The van der Waals surface area contributed by atoms with E-state index in [1.807, 2.05) is 0 Å². The van der Waals surface area contributed by atoms with Gasteiger partial charge in [0.2, 0.25) is 0 Å². The number of rotatable bonds is 5. The summed E-state index contributed by atoms with van der Waals surface area (Å²) in [6.07, 6.45) is 0.697. The van der Waals surface area contributed by atoms with Crippen molar-refractivity contribution in [2.24, 2.45) is 0 Å². The van der Waals surface area contributed by atoms with Crippen LogP contribution >= 0.6 is 0 Å². The Balaban J connectivity index is 2.62. The number of esters is 1. The Labute approximate surface area is 106 Å². The molecule has 1 heterocycles. The first-order valence-corrected chi connectivity index (χ1v) is 5.62. The number of furan rings is 1. The Hall–Kier alpha value is -2.04. The predicted molar refractivity (Wildman–Crippen MR) is 66.3 cm³/mol. The molecule has 0 saturated carbocycles. The van der Waals surface area contributed by atoms with Gasteiger partial charge in [-0.25, -0.2) is 4.79 Å². The highest BCUT2D eigenvalue weighted by Crippen LogP contribution is 2.15. The molecule has 98 valence electrons. The van der Waals surface area contributed by atoms with E-state index >= 15 is 0 Å². The third kappa shape index (κ3) is 3.48. The molecule has 0 aliphatic rings. The van der Waals surface area contributed by atoms with Gasteiger partial charge in [0.25, 0.3) is 5.91 Å². The second kappa shape index (κ2) is 6.05. The van der Waals surface area contributed by atoms with Crippen molar-refractivity contribution in [3.8, 4) is 0 Å². The number of amides is 1. The summed E-state index contributed by atoms with van der Waals surface area (Å²) in [7, 11) is 0. The molecule has 5 heteroatoms. The lowest BCUT2D eigenvalue weighted by Gasteiger charge is -2.12. The first-order valence-electron chi connectivity index (χ1n) is 5.62. The van der Waals surface area contributed by atoms with Gasteiger partial charge in [-0.2, -0.15) is 0 Å². The Morgan fingerprint density at radius 1 is 1.56 bits per heavy atom. The van der Waals surface area contributed by atoms with E-state index in [1.165, 1.54) is 6.92 Å². The van der Waals surface area contributed by atoms with Crippen molar-refractivity contribution < 1.29 is 18.7 Å². The van der Waals surface area contributed by atoms with Crippen LogP contribution in [0.2, 0.25) is 0 Å². The van der Waals surface area contributed by atoms with Gasteiger partial charge in [-0.05, 0) is 26.8 Å². The number of hydrogen-bond donors (Lipinski definition) is 1. The second-order valence-electron chi connectivity index (χ2n) is 3.91. The molecule has 1 aromatic heterocycles. The highest BCUT2D eigenvalue weighted by Gasteiger charge is 2.21. The van der Waals surface area contributed by atoms with Gasteiger partial charge in [0, 0.05) is 6.54 Å². The van der Waals surface area contributed by atoms with Crippen LogP contribution in [0.25, 0.3) is 0 Å². The molecule has 1 rings (SSSR count). The van der Waals surface area contributed by atoms with Crippen LogP contribution in [-0.2, 0) is 9.53 Å². The summed E-state index contributed by atoms with van der Waals surface area (Å²) in [6, 6.07) is 1.59. The molecule has 0 saturated heterocycles. The van der Waals surface area contributed by atoms with E-state index in [9.17, 15) is 9.59 Å². The minimum absolute atomic E-state index is 0.338. The predicted octanol–water partition coefficient (Wildman–Crippen LogP) is 1.74. The SMILES string of the molecule is C=CCNC(=O)[C@@H](C)OC(=O)c1cc(C)oc1C. The van der Waals surface area contributed by atoms with Crippen LogP contribution in [0, 0.1) is 13.8 Å². The number of carbonyl (C=O) groups excluding carboxylic acids is 2. The average molecular weight is 251 g/mol. The molecule has 0 radical (unpaired) electrons. The quantitative estimate of drug-likeness (QED) is 0.639. The van der Waals surface area contributed by atoms with Crippen molar-refractivity contribution in [2.45, 2.75) is 26.9 Å². The van der Waals surface area contributed by atoms with E-state index in [4.69, 9.17) is 9.15 Å². The summed E-state index contributed by atoms with van der Waals surface area (Å²) in [5, 5.41) is 2.55. The topological polar surface area (TPSA) is 68.5 Å². The third-order valence-corrected chi connectivity index (χ3v) is 2.33. The maximum Gasteiger partial charge on any atom is 0.342 e. The summed E-state index contributed by atoms with van der Waals surface area (Å²) in [4.78, 5) is 23.3. The zero-order valence-electron chi connectivity index (χ0n) is 10.8. The van der Waals surface area contributed by atoms with Crippen LogP contribution < -0.4 is 5.32 Å². The Morgan fingerprint density at radius 2 is 2.22 bits per heavy atom. The Bertz CT molecular complexity index is 462. The van der Waals surface area contributed by atoms with Gasteiger partial charge >= 0.3 is 5.97 Å². The van der Waals surface area contributed by atoms with E-state index < -0.39 is 12.1 Å². The third-order valence-electron chi connectivity index (χ3n) is 2.33. The summed E-state index contributed by atoms with van der Waals surface area (Å²) in [5.74, 6) is 0.186. The normalized spacial score (nSPS) is 11.7. The summed E-state index contributed by atoms with van der Waals surface area (Å²) >= 11 is 0. The Morgan fingerprint density at radius 3 is 2.72 bits per heavy atom. The smallest absolute Gasteiger partial charge is 0.342 e. The van der Waals surface area contributed by atoms with Crippen molar-refractivity contribution in [1.82, 2.24) is 5.32 Å². The lowest BCUT2D eigenvalue weighted by molar-refractivity contribution is -0.128. The van der Waals surface area contributed by atoms with Gasteiger partial charge in [-0.3, -0.25) is 4.79 Å². The molecule has 0 fully saturated rings. The molecular formula is C13H17NO4. The standard InChI is InChI=1S/C13H17NO4/c1-5-6-14-12(15)10(4)18-13(16)11-7-8(2)17-9(11)3/h5,7,10H,1,6H2,2-4H3,(H,14,15)/t10-/m1/s1. The van der Waals surface area contributed by atoms with Crippen molar-refractivity contribution in [2.75, 3.05) is 6.54 Å². The number of aryl methyl sites for hydroxylation is 2. The number of hydrogen-bond acceptors (Lipinski definition) is 4. The average Bonchev–Trinajstić information content (AvgIpc) is 2.65. The maximum atomic E-state index is 11.8. The summed E-state index contributed by atoms with van der Waals surface area (Å²) in [5.41, 5.74) is 0.343. The second-order valence-corrected chi connectivity index (χ2v) is 3.91. The van der Waals surface area contributed by atoms with Gasteiger partial charge in [-0.1, -0.05) is 6.08 Å². The van der Waals surface area contributed by atoms with Crippen LogP contribution in [0.15, 0.2) is 23.1 Å². The molecule has 1 amide bonds. The van der Waals surface area contributed by atoms with Gasteiger partial charge in [0.05, 0.1) is 0 Å². The van der Waals surface area contributed by atoms with Crippen LogP contribution in [0.1, 0.15) is 28.8 Å². The number of nitrogens with one attached hydrogen (secondary N) is 1. The molecule has 0 unspecified atom stereocenters. The maximum absolute atomic E-state index is 11.8. The molecule has 0 bridgehead atoms. The fourth-order valence-corrected chi connectivity index (χ4v) is 1.43. The zero-order chi connectivity index (χ0) is 13.7. The molecule has 1 N–H and O–H groups in total. The monoisotopic (exact) mass is 251 g/mol. The lowest BCUT2D eigenvalue weighted by Crippen LogP contribution is -2.35. The molecule has 0 spiro atoms. The number of ether oxygens (including phenoxy) is 1. The van der Waals surface area contributed by atoms with E-state index in [1.54, 1.807) is 26.0 Å². The summed E-state index contributed by atoms with van der Waals surface area (Å²) in [6.45, 7) is 8.74. The molecule has 5 nitrogen and oxygen atoms in total. The van der Waals surface area contributed by atoms with E-state index in [0.717, 1.165) is 0 Å². The van der Waals surface area contributed by atoms with Gasteiger partial charge in [0.15, 0.2) is 6.10 Å². The van der Waals surface area contributed by atoms with Crippen molar-refractivity contribution in [1.29, 1.82) is 0 Å². The largest absolute Gasteiger partial charge is 0.466 e. The first-order chi connectivity index (χ1) is 8.45. The van der Waals surface area contributed by atoms with E-state index in [-0.39, 0.29) is 5.91 Å². The molecule has 1 aromatic rings. The van der Waals surface area contributed by atoms with E-state index in [0.29, 0.717) is 23.6 Å². The molecular weight excluding hydrogens is 234 g/mol. The van der Waals surface area contributed by atoms with Crippen LogP contribution in [0.4, 0.5) is 0 Å². The Kier molecular flexibility index (Phi) is 4.71. The highest BCUT2D eigenvalue weighted by atomic mass is 16.5. The minimum Gasteiger partial charge on any atom is -0.466 e. The van der Waals surface area contributed by atoms with Crippen molar-refractivity contribution in [3.05, 3.63) is 35.8 Å². The van der Waals surface area contributed by atoms with Gasteiger partial charge < -0.3 is 14.5 Å². The molecule has 18 heavy (non-hydrogen) atoms. The van der Waals surface area contributed by atoms with Crippen molar-refractivity contribution >= 4 is 11.9 Å². The molecule has 0 aliphatic heterocycles. The lowest BCUT2D eigenvalue weighted by atomic mass is 10.2. The van der Waals surface area contributed by atoms with E-state index in [2.05, 4.69) is 11.9 Å². The minimum atomic E-state index is -0.855. The van der Waals surface area contributed by atoms with Crippen LogP contribution in [0.3, 0.4) is 0 Å². The fourth-order valence-electron chi connectivity index (χ4n) is 1.43.